The lowest BCUT2D eigenvalue weighted by Gasteiger charge is -2.12. The number of carbonyl (C=O) groups is 1. The molecule has 1 amide bonds. The maximum Gasteiger partial charge on any atom is 0.254 e. The van der Waals surface area contributed by atoms with Crippen LogP contribution in [-0.2, 0) is 6.54 Å². The molecule has 0 radical (unpaired) electrons. The highest BCUT2D eigenvalue weighted by atomic mass is 16.1. The first-order valence-corrected chi connectivity index (χ1v) is 8.73. The molecule has 0 aromatic carbocycles. The van der Waals surface area contributed by atoms with Crippen LogP contribution in [-0.4, -0.2) is 27.4 Å². The number of aromatic nitrogens is 3. The molecule has 0 bridgehead atoms. The van der Waals surface area contributed by atoms with Gasteiger partial charge >= 0.3 is 0 Å². The summed E-state index contributed by atoms with van der Waals surface area (Å²) in [5.74, 6) is 0.349. The van der Waals surface area contributed by atoms with E-state index in [-0.39, 0.29) is 5.91 Å². The van der Waals surface area contributed by atoms with Crippen LogP contribution in [0.2, 0.25) is 0 Å². The van der Waals surface area contributed by atoms with E-state index in [4.69, 9.17) is 0 Å². The SMILES string of the molecule is O=C(NCCC1=CCCCC1)c1cnc(NCc2ccccn2)nc1. The minimum atomic E-state index is -0.132. The smallest absolute Gasteiger partial charge is 0.254 e. The summed E-state index contributed by atoms with van der Waals surface area (Å²) < 4.78 is 0. The molecule has 2 aromatic rings. The van der Waals surface area contributed by atoms with E-state index in [9.17, 15) is 4.79 Å². The summed E-state index contributed by atoms with van der Waals surface area (Å²) >= 11 is 0. The van der Waals surface area contributed by atoms with Gasteiger partial charge in [0.05, 0.1) is 17.8 Å². The van der Waals surface area contributed by atoms with Crippen LogP contribution in [0.5, 0.6) is 0 Å². The fourth-order valence-electron chi connectivity index (χ4n) is 2.78. The third-order valence-corrected chi connectivity index (χ3v) is 4.18. The van der Waals surface area contributed by atoms with Gasteiger partial charge in [-0.15, -0.1) is 0 Å². The van der Waals surface area contributed by atoms with Gasteiger partial charge in [-0.05, 0) is 44.2 Å². The number of pyridine rings is 1. The molecule has 0 unspecified atom stereocenters. The summed E-state index contributed by atoms with van der Waals surface area (Å²) in [5.41, 5.74) is 2.84. The summed E-state index contributed by atoms with van der Waals surface area (Å²) in [6, 6.07) is 5.73. The summed E-state index contributed by atoms with van der Waals surface area (Å²) in [5, 5.41) is 6.02. The second-order valence-corrected chi connectivity index (χ2v) is 6.08. The van der Waals surface area contributed by atoms with Gasteiger partial charge in [-0.1, -0.05) is 17.7 Å². The second kappa shape index (κ2) is 8.92. The van der Waals surface area contributed by atoms with E-state index in [0.717, 1.165) is 18.5 Å². The van der Waals surface area contributed by atoms with E-state index in [1.165, 1.54) is 24.8 Å². The molecule has 0 atom stereocenters. The van der Waals surface area contributed by atoms with Crippen molar-refractivity contribution in [2.24, 2.45) is 0 Å². The maximum absolute atomic E-state index is 12.1. The highest BCUT2D eigenvalue weighted by molar-refractivity contribution is 5.93. The lowest BCUT2D eigenvalue weighted by Crippen LogP contribution is -2.25. The quantitative estimate of drug-likeness (QED) is 0.759. The zero-order valence-corrected chi connectivity index (χ0v) is 14.2. The van der Waals surface area contributed by atoms with Crippen LogP contribution in [0.15, 0.2) is 48.4 Å². The van der Waals surface area contributed by atoms with E-state index in [1.807, 2.05) is 18.2 Å². The molecule has 1 aliphatic rings. The Balaban J connectivity index is 1.44. The number of nitrogens with zero attached hydrogens (tertiary/aromatic N) is 3. The fourth-order valence-corrected chi connectivity index (χ4v) is 2.78. The Morgan fingerprint density at radius 2 is 2.00 bits per heavy atom. The van der Waals surface area contributed by atoms with Crippen molar-refractivity contribution in [3.8, 4) is 0 Å². The summed E-state index contributed by atoms with van der Waals surface area (Å²) in [6.07, 6.45) is 13.0. The van der Waals surface area contributed by atoms with Crippen LogP contribution in [0.3, 0.4) is 0 Å². The number of rotatable bonds is 7. The Hall–Kier alpha value is -2.76. The number of amides is 1. The number of hydrogen-bond acceptors (Lipinski definition) is 5. The first-order valence-electron chi connectivity index (χ1n) is 8.73. The van der Waals surface area contributed by atoms with Crippen molar-refractivity contribution in [3.05, 3.63) is 59.7 Å². The zero-order valence-electron chi connectivity index (χ0n) is 14.2. The number of allylic oxidation sites excluding steroid dienone is 1. The van der Waals surface area contributed by atoms with Gasteiger partial charge in [0.25, 0.3) is 5.91 Å². The van der Waals surface area contributed by atoms with Gasteiger partial charge in [-0.3, -0.25) is 9.78 Å². The van der Waals surface area contributed by atoms with E-state index in [1.54, 1.807) is 18.6 Å². The van der Waals surface area contributed by atoms with E-state index in [2.05, 4.69) is 31.7 Å². The van der Waals surface area contributed by atoms with Crippen LogP contribution in [0.4, 0.5) is 5.95 Å². The molecular weight excluding hydrogens is 314 g/mol. The summed E-state index contributed by atoms with van der Waals surface area (Å²) in [4.78, 5) is 24.7. The molecule has 0 aliphatic heterocycles. The highest BCUT2D eigenvalue weighted by Crippen LogP contribution is 2.19. The molecule has 3 rings (SSSR count). The van der Waals surface area contributed by atoms with Crippen LogP contribution >= 0.6 is 0 Å². The Labute approximate surface area is 147 Å². The second-order valence-electron chi connectivity index (χ2n) is 6.08. The van der Waals surface area contributed by atoms with Crippen molar-refractivity contribution in [1.29, 1.82) is 0 Å². The molecule has 130 valence electrons. The minimum absolute atomic E-state index is 0.132. The highest BCUT2D eigenvalue weighted by Gasteiger charge is 2.08. The molecule has 0 saturated carbocycles. The van der Waals surface area contributed by atoms with Crippen molar-refractivity contribution in [1.82, 2.24) is 20.3 Å². The molecular formula is C19H23N5O. The normalized spacial score (nSPS) is 13.8. The summed E-state index contributed by atoms with van der Waals surface area (Å²) in [6.45, 7) is 1.20. The Bertz CT molecular complexity index is 712. The molecule has 0 fully saturated rings. The molecule has 0 spiro atoms. The van der Waals surface area contributed by atoms with Gasteiger partial charge in [0.2, 0.25) is 5.95 Å². The number of carbonyl (C=O) groups excluding carboxylic acids is 1. The van der Waals surface area contributed by atoms with Gasteiger partial charge in [-0.25, -0.2) is 9.97 Å². The van der Waals surface area contributed by atoms with Crippen molar-refractivity contribution in [2.45, 2.75) is 38.6 Å². The van der Waals surface area contributed by atoms with E-state index in [0.29, 0.717) is 24.6 Å². The number of hydrogen-bond donors (Lipinski definition) is 2. The molecule has 25 heavy (non-hydrogen) atoms. The van der Waals surface area contributed by atoms with E-state index >= 15 is 0 Å². The predicted octanol–water partition coefficient (Wildman–Crippen LogP) is 3.10. The van der Waals surface area contributed by atoms with Gasteiger partial charge in [0, 0.05) is 25.1 Å². The maximum atomic E-state index is 12.1. The first kappa shape index (κ1) is 17.1. The molecule has 1 aliphatic carbocycles. The summed E-state index contributed by atoms with van der Waals surface area (Å²) in [7, 11) is 0. The van der Waals surface area contributed by atoms with Crippen LogP contribution in [0.1, 0.15) is 48.2 Å². The van der Waals surface area contributed by atoms with Crippen molar-refractivity contribution >= 4 is 11.9 Å². The number of nitrogens with one attached hydrogen (secondary N) is 2. The molecule has 2 N–H and O–H groups in total. The Morgan fingerprint density at radius 3 is 2.72 bits per heavy atom. The van der Waals surface area contributed by atoms with Gasteiger partial charge in [-0.2, -0.15) is 0 Å². The van der Waals surface area contributed by atoms with Gasteiger partial charge in [0.1, 0.15) is 0 Å². The fraction of sp³-hybridized carbons (Fsp3) is 0.368. The predicted molar refractivity (Wildman–Crippen MR) is 97.1 cm³/mol. The average molecular weight is 337 g/mol. The van der Waals surface area contributed by atoms with Gasteiger partial charge < -0.3 is 10.6 Å². The zero-order chi connectivity index (χ0) is 17.3. The monoisotopic (exact) mass is 337 g/mol. The molecule has 0 saturated heterocycles. The Morgan fingerprint density at radius 1 is 1.12 bits per heavy atom. The average Bonchev–Trinajstić information content (AvgIpc) is 2.68. The van der Waals surface area contributed by atoms with E-state index < -0.39 is 0 Å². The topological polar surface area (TPSA) is 79.8 Å². The Kier molecular flexibility index (Phi) is 6.09. The minimum Gasteiger partial charge on any atom is -0.352 e. The lowest BCUT2D eigenvalue weighted by atomic mass is 9.97. The third-order valence-electron chi connectivity index (χ3n) is 4.18. The standard InChI is InChI=1S/C19H23N5O/c25-18(21-11-9-15-6-2-1-3-7-15)16-12-22-19(23-13-16)24-14-17-8-4-5-10-20-17/h4-6,8,10,12-13H,1-3,7,9,11,14H2,(H,21,25)(H,22,23,24). The van der Waals surface area contributed by atoms with Crippen molar-refractivity contribution < 1.29 is 4.79 Å². The lowest BCUT2D eigenvalue weighted by molar-refractivity contribution is 0.0953. The third kappa shape index (κ3) is 5.38. The van der Waals surface area contributed by atoms with Crippen LogP contribution in [0, 0.1) is 0 Å². The van der Waals surface area contributed by atoms with Crippen molar-refractivity contribution in [3.63, 3.8) is 0 Å². The molecule has 2 heterocycles. The molecule has 6 nitrogen and oxygen atoms in total. The number of anilines is 1. The molecule has 2 aromatic heterocycles. The van der Waals surface area contributed by atoms with Gasteiger partial charge in [0.15, 0.2) is 0 Å². The van der Waals surface area contributed by atoms with Crippen molar-refractivity contribution in [2.75, 3.05) is 11.9 Å². The molecule has 6 heteroatoms. The van der Waals surface area contributed by atoms with Crippen LogP contribution in [0.25, 0.3) is 0 Å². The van der Waals surface area contributed by atoms with Crippen LogP contribution < -0.4 is 10.6 Å². The largest absolute Gasteiger partial charge is 0.352 e. The first-order chi connectivity index (χ1) is 12.3.